The number of halogens is 3. The molecule has 144 valence electrons. The van der Waals surface area contributed by atoms with E-state index in [0.29, 0.717) is 18.0 Å². The number of aliphatic carboxylic acids is 1. The molecular weight excluding hydrogens is 349 g/mol. The van der Waals surface area contributed by atoms with Gasteiger partial charge in [0.05, 0.1) is 6.54 Å². The Morgan fingerprint density at radius 3 is 2.65 bits per heavy atom. The molecule has 0 saturated heterocycles. The van der Waals surface area contributed by atoms with Crippen LogP contribution in [0.15, 0.2) is 18.2 Å². The van der Waals surface area contributed by atoms with Gasteiger partial charge in [0.25, 0.3) is 0 Å². The van der Waals surface area contributed by atoms with Gasteiger partial charge in [0.15, 0.2) is 11.6 Å². The monoisotopic (exact) mass is 372 g/mol. The number of ether oxygens (including phenoxy) is 1. The molecule has 1 aromatic rings. The molecule has 0 radical (unpaired) electrons. The van der Waals surface area contributed by atoms with Crippen molar-refractivity contribution in [2.24, 2.45) is 5.92 Å². The van der Waals surface area contributed by atoms with E-state index in [2.05, 4.69) is 10.1 Å². The minimum absolute atomic E-state index is 0.0741. The van der Waals surface area contributed by atoms with Gasteiger partial charge in [0, 0.05) is 25.2 Å². The predicted molar refractivity (Wildman–Crippen MR) is 88.6 cm³/mol. The van der Waals surface area contributed by atoms with Gasteiger partial charge in [0.2, 0.25) is 0 Å². The molecule has 5 nitrogen and oxygen atoms in total. The van der Waals surface area contributed by atoms with E-state index in [0.717, 1.165) is 19.4 Å². The van der Waals surface area contributed by atoms with Crippen molar-refractivity contribution < 1.29 is 27.8 Å². The van der Waals surface area contributed by atoms with Crippen LogP contribution in [0.1, 0.15) is 31.2 Å². The Hall–Kier alpha value is -1.80. The molecule has 0 aromatic heterocycles. The van der Waals surface area contributed by atoms with Crippen LogP contribution in [-0.4, -0.2) is 47.8 Å². The van der Waals surface area contributed by atoms with E-state index >= 15 is 0 Å². The lowest BCUT2D eigenvalue weighted by Crippen LogP contribution is -2.54. The lowest BCUT2D eigenvalue weighted by molar-refractivity contribution is -0.139. The number of nitrogens with one attached hydrogen (secondary N) is 1. The molecule has 26 heavy (non-hydrogen) atoms. The Morgan fingerprint density at radius 1 is 1.35 bits per heavy atom. The van der Waals surface area contributed by atoms with Crippen LogP contribution < -0.4 is 10.1 Å². The summed E-state index contributed by atoms with van der Waals surface area (Å²) < 4.78 is 42.0. The Kier molecular flexibility index (Phi) is 6.03. The summed E-state index contributed by atoms with van der Waals surface area (Å²) in [5, 5.41) is 12.4. The summed E-state index contributed by atoms with van der Waals surface area (Å²) in [6.07, 6.45) is 4.08. The molecule has 0 bridgehead atoms. The first-order valence-corrected chi connectivity index (χ1v) is 8.83. The SMILES string of the molecule is O=C(O)CN(CC1CC1)C1CC(NCc2ccc(OC(F)F)c(F)c2)C1. The minimum Gasteiger partial charge on any atom is -0.480 e. The smallest absolute Gasteiger partial charge is 0.387 e. The fourth-order valence-electron chi connectivity index (χ4n) is 3.31. The summed E-state index contributed by atoms with van der Waals surface area (Å²) in [7, 11) is 0. The van der Waals surface area contributed by atoms with E-state index in [1.54, 1.807) is 6.07 Å². The molecule has 0 spiro atoms. The fraction of sp³-hybridized carbons (Fsp3) is 0.611. The molecule has 2 aliphatic rings. The van der Waals surface area contributed by atoms with Crippen LogP contribution >= 0.6 is 0 Å². The first-order chi connectivity index (χ1) is 12.4. The summed E-state index contributed by atoms with van der Waals surface area (Å²) in [6.45, 7) is -1.71. The van der Waals surface area contributed by atoms with Crippen molar-refractivity contribution in [3.63, 3.8) is 0 Å². The number of hydrogen-bond donors (Lipinski definition) is 2. The Morgan fingerprint density at radius 2 is 2.08 bits per heavy atom. The van der Waals surface area contributed by atoms with E-state index in [9.17, 15) is 18.0 Å². The zero-order valence-corrected chi connectivity index (χ0v) is 14.3. The predicted octanol–water partition coefficient (Wildman–Crippen LogP) is 2.84. The van der Waals surface area contributed by atoms with Crippen LogP contribution in [0.4, 0.5) is 13.2 Å². The van der Waals surface area contributed by atoms with Crippen molar-refractivity contribution in [3.8, 4) is 5.75 Å². The van der Waals surface area contributed by atoms with Gasteiger partial charge in [-0.2, -0.15) is 8.78 Å². The molecule has 3 rings (SSSR count). The number of nitrogens with zero attached hydrogens (tertiary/aromatic N) is 1. The molecular formula is C18H23F3N2O3. The molecule has 0 amide bonds. The largest absolute Gasteiger partial charge is 0.480 e. The van der Waals surface area contributed by atoms with Gasteiger partial charge in [0.1, 0.15) is 0 Å². The third kappa shape index (κ3) is 5.35. The molecule has 0 atom stereocenters. The summed E-state index contributed by atoms with van der Waals surface area (Å²) >= 11 is 0. The average Bonchev–Trinajstić information content (AvgIpc) is 3.31. The number of carboxylic acid groups (broad SMARTS) is 1. The van der Waals surface area contributed by atoms with E-state index in [-0.39, 0.29) is 18.6 Å². The van der Waals surface area contributed by atoms with E-state index in [1.165, 1.54) is 25.0 Å². The zero-order chi connectivity index (χ0) is 18.7. The highest BCUT2D eigenvalue weighted by Gasteiger charge is 2.36. The Bertz CT molecular complexity index is 634. The normalized spacial score (nSPS) is 22.5. The Labute approximate surface area is 150 Å². The maximum Gasteiger partial charge on any atom is 0.387 e. The van der Waals surface area contributed by atoms with E-state index in [1.807, 2.05) is 4.90 Å². The number of hydrogen-bond acceptors (Lipinski definition) is 4. The van der Waals surface area contributed by atoms with Gasteiger partial charge in [-0.25, -0.2) is 4.39 Å². The van der Waals surface area contributed by atoms with Gasteiger partial charge in [-0.15, -0.1) is 0 Å². The molecule has 8 heteroatoms. The van der Waals surface area contributed by atoms with Crippen molar-refractivity contribution in [3.05, 3.63) is 29.6 Å². The first-order valence-electron chi connectivity index (χ1n) is 8.83. The summed E-state index contributed by atoms with van der Waals surface area (Å²) in [4.78, 5) is 13.1. The van der Waals surface area contributed by atoms with Gasteiger partial charge >= 0.3 is 12.6 Å². The van der Waals surface area contributed by atoms with Gasteiger partial charge in [-0.05, 0) is 49.3 Å². The van der Waals surface area contributed by atoms with E-state index < -0.39 is 24.1 Å². The molecule has 1 aromatic carbocycles. The van der Waals surface area contributed by atoms with E-state index in [4.69, 9.17) is 5.11 Å². The van der Waals surface area contributed by atoms with Crippen molar-refractivity contribution in [1.29, 1.82) is 0 Å². The van der Waals surface area contributed by atoms with Crippen LogP contribution in [0.25, 0.3) is 0 Å². The standard InChI is InChI=1S/C18H23F3N2O3/c19-15-5-12(3-4-16(15)26-18(20)21)8-22-13-6-14(7-13)23(10-17(24)25)9-11-1-2-11/h3-5,11,13-14,18,22H,1-2,6-10H2,(H,24,25). The second-order valence-electron chi connectivity index (χ2n) is 7.11. The molecule has 2 saturated carbocycles. The van der Waals surface area contributed by atoms with Crippen LogP contribution in [0.5, 0.6) is 5.75 Å². The quantitative estimate of drug-likeness (QED) is 0.661. The third-order valence-corrected chi connectivity index (χ3v) is 4.96. The summed E-state index contributed by atoms with van der Waals surface area (Å²) in [6, 6.07) is 4.45. The highest BCUT2D eigenvalue weighted by atomic mass is 19.3. The summed E-state index contributed by atoms with van der Waals surface area (Å²) in [5.74, 6) is -1.44. The van der Waals surface area contributed by atoms with Crippen LogP contribution in [0, 0.1) is 11.7 Å². The van der Waals surface area contributed by atoms with Gasteiger partial charge < -0.3 is 15.2 Å². The molecule has 2 aliphatic carbocycles. The molecule has 0 unspecified atom stereocenters. The first kappa shape index (κ1) is 19.0. The second kappa shape index (κ2) is 8.26. The number of carboxylic acids is 1. The Balaban J connectivity index is 1.43. The lowest BCUT2D eigenvalue weighted by Gasteiger charge is -2.43. The minimum atomic E-state index is -3.05. The lowest BCUT2D eigenvalue weighted by atomic mass is 9.85. The highest BCUT2D eigenvalue weighted by molar-refractivity contribution is 5.69. The number of benzene rings is 1. The van der Waals surface area contributed by atoms with Crippen molar-refractivity contribution in [2.75, 3.05) is 13.1 Å². The fourth-order valence-corrected chi connectivity index (χ4v) is 3.31. The third-order valence-electron chi connectivity index (χ3n) is 4.96. The van der Waals surface area contributed by atoms with Gasteiger partial charge in [-0.3, -0.25) is 9.69 Å². The highest BCUT2D eigenvalue weighted by Crippen LogP contribution is 2.34. The van der Waals surface area contributed by atoms with Crippen LogP contribution in [0.2, 0.25) is 0 Å². The van der Waals surface area contributed by atoms with Crippen molar-refractivity contribution >= 4 is 5.97 Å². The molecule has 0 heterocycles. The van der Waals surface area contributed by atoms with Crippen LogP contribution in [-0.2, 0) is 11.3 Å². The number of carbonyl (C=O) groups is 1. The second-order valence-corrected chi connectivity index (χ2v) is 7.11. The molecule has 2 fully saturated rings. The molecule has 2 N–H and O–H groups in total. The molecule has 0 aliphatic heterocycles. The topological polar surface area (TPSA) is 61.8 Å². The van der Waals surface area contributed by atoms with Crippen molar-refractivity contribution in [2.45, 2.75) is 50.9 Å². The number of rotatable bonds is 10. The maximum absolute atomic E-state index is 13.7. The van der Waals surface area contributed by atoms with Crippen LogP contribution in [0.3, 0.4) is 0 Å². The average molecular weight is 372 g/mol. The van der Waals surface area contributed by atoms with Crippen molar-refractivity contribution in [1.82, 2.24) is 10.2 Å². The van der Waals surface area contributed by atoms with Gasteiger partial charge in [-0.1, -0.05) is 6.07 Å². The summed E-state index contributed by atoms with van der Waals surface area (Å²) in [5.41, 5.74) is 0.646. The number of alkyl halides is 2. The maximum atomic E-state index is 13.7. The zero-order valence-electron chi connectivity index (χ0n) is 14.3.